The van der Waals surface area contributed by atoms with Crippen molar-refractivity contribution in [3.05, 3.63) is 71.3 Å². The van der Waals surface area contributed by atoms with Gasteiger partial charge in [0.15, 0.2) is 5.96 Å². The molecule has 160 valence electrons. The highest BCUT2D eigenvalue weighted by Crippen LogP contribution is 2.08. The maximum absolute atomic E-state index is 12.1. The molecule has 0 aliphatic heterocycles. The van der Waals surface area contributed by atoms with Gasteiger partial charge in [-0.05, 0) is 43.2 Å². The number of rotatable bonds is 9. The molecule has 0 aromatic heterocycles. The molecule has 0 radical (unpaired) electrons. The fourth-order valence-electron chi connectivity index (χ4n) is 2.81. The lowest BCUT2D eigenvalue weighted by Gasteiger charge is -2.12. The monoisotopic (exact) mass is 409 g/mol. The van der Waals surface area contributed by atoms with Crippen LogP contribution in [0.3, 0.4) is 0 Å². The van der Waals surface area contributed by atoms with Crippen LogP contribution in [0.2, 0.25) is 0 Å². The first-order valence-corrected chi connectivity index (χ1v) is 10.2. The number of nitrogens with zero attached hydrogens (tertiary/aromatic N) is 2. The molecule has 2 amide bonds. The average Bonchev–Trinajstić information content (AvgIpc) is 2.76. The first kappa shape index (κ1) is 22.9. The van der Waals surface area contributed by atoms with Gasteiger partial charge in [-0.15, -0.1) is 0 Å². The van der Waals surface area contributed by atoms with Crippen LogP contribution in [0.5, 0.6) is 0 Å². The van der Waals surface area contributed by atoms with Gasteiger partial charge in [-0.3, -0.25) is 14.6 Å². The van der Waals surface area contributed by atoms with Gasteiger partial charge < -0.3 is 20.9 Å². The van der Waals surface area contributed by atoms with E-state index in [1.807, 2.05) is 49.4 Å². The molecule has 0 saturated heterocycles. The second kappa shape index (κ2) is 12.3. The average molecular weight is 410 g/mol. The number of benzene rings is 2. The highest BCUT2D eigenvalue weighted by molar-refractivity contribution is 5.94. The van der Waals surface area contributed by atoms with Gasteiger partial charge in [0.2, 0.25) is 0 Å². The molecule has 0 saturated carbocycles. The molecule has 2 rings (SSSR count). The van der Waals surface area contributed by atoms with E-state index in [4.69, 9.17) is 0 Å². The standard InChI is InChI=1S/C23H31N5O2/c1-4-24-23(27-16-15-25-21(29)19-10-6-5-7-11-19)26-14-13-18-9-8-12-20(17-18)22(30)28(2)3/h5-12,17H,4,13-16H2,1-3H3,(H,25,29)(H2,24,26,27). The third kappa shape index (κ3) is 7.58. The smallest absolute Gasteiger partial charge is 0.253 e. The van der Waals surface area contributed by atoms with Crippen LogP contribution in [-0.2, 0) is 6.42 Å². The Morgan fingerprint density at radius 1 is 0.900 bits per heavy atom. The molecule has 30 heavy (non-hydrogen) atoms. The lowest BCUT2D eigenvalue weighted by atomic mass is 10.1. The Morgan fingerprint density at radius 2 is 1.60 bits per heavy atom. The van der Waals surface area contributed by atoms with Crippen molar-refractivity contribution in [2.24, 2.45) is 4.99 Å². The predicted molar refractivity (Wildman–Crippen MR) is 121 cm³/mol. The molecule has 0 bridgehead atoms. The van der Waals surface area contributed by atoms with Crippen molar-refractivity contribution in [2.75, 3.05) is 40.3 Å². The van der Waals surface area contributed by atoms with Crippen molar-refractivity contribution in [1.29, 1.82) is 0 Å². The zero-order valence-electron chi connectivity index (χ0n) is 17.9. The van der Waals surface area contributed by atoms with E-state index < -0.39 is 0 Å². The van der Waals surface area contributed by atoms with Gasteiger partial charge in [0.05, 0.1) is 0 Å². The van der Waals surface area contributed by atoms with E-state index in [2.05, 4.69) is 20.9 Å². The first-order chi connectivity index (χ1) is 14.5. The Bertz CT molecular complexity index is 850. The largest absolute Gasteiger partial charge is 0.357 e. The van der Waals surface area contributed by atoms with Crippen molar-refractivity contribution < 1.29 is 9.59 Å². The molecule has 0 aliphatic rings. The van der Waals surface area contributed by atoms with Gasteiger partial charge in [0, 0.05) is 51.4 Å². The summed E-state index contributed by atoms with van der Waals surface area (Å²) in [5.74, 6) is 0.603. The number of hydrogen-bond acceptors (Lipinski definition) is 3. The fraction of sp³-hybridized carbons (Fsp3) is 0.348. The van der Waals surface area contributed by atoms with Crippen LogP contribution in [0.1, 0.15) is 33.2 Å². The zero-order chi connectivity index (χ0) is 21.8. The van der Waals surface area contributed by atoms with Gasteiger partial charge in [-0.2, -0.15) is 0 Å². The number of guanidine groups is 1. The fourth-order valence-corrected chi connectivity index (χ4v) is 2.81. The Morgan fingerprint density at radius 3 is 2.30 bits per heavy atom. The molecule has 7 heteroatoms. The number of carbonyl (C=O) groups excluding carboxylic acids is 2. The van der Waals surface area contributed by atoms with E-state index in [1.165, 1.54) is 0 Å². The number of nitrogens with one attached hydrogen (secondary N) is 3. The van der Waals surface area contributed by atoms with E-state index in [0.29, 0.717) is 36.7 Å². The summed E-state index contributed by atoms with van der Waals surface area (Å²) in [5.41, 5.74) is 2.39. The minimum absolute atomic E-state index is 0.00657. The van der Waals surface area contributed by atoms with Crippen molar-refractivity contribution in [3.8, 4) is 0 Å². The summed E-state index contributed by atoms with van der Waals surface area (Å²) in [6.07, 6.45) is 0.732. The highest BCUT2D eigenvalue weighted by atomic mass is 16.2. The molecule has 3 N–H and O–H groups in total. The molecule has 0 atom stereocenters. The maximum atomic E-state index is 12.1. The normalized spacial score (nSPS) is 11.0. The molecule has 0 heterocycles. The Balaban J connectivity index is 1.81. The summed E-state index contributed by atoms with van der Waals surface area (Å²) in [4.78, 5) is 30.3. The maximum Gasteiger partial charge on any atom is 0.253 e. The Labute approximate surface area is 178 Å². The molecule has 0 fully saturated rings. The van der Waals surface area contributed by atoms with Crippen LogP contribution in [0.4, 0.5) is 0 Å². The van der Waals surface area contributed by atoms with Crippen LogP contribution in [0.25, 0.3) is 0 Å². The van der Waals surface area contributed by atoms with E-state index in [9.17, 15) is 9.59 Å². The summed E-state index contributed by atoms with van der Waals surface area (Å²) >= 11 is 0. The van der Waals surface area contributed by atoms with Gasteiger partial charge in [-0.25, -0.2) is 0 Å². The second-order valence-corrected chi connectivity index (χ2v) is 6.96. The van der Waals surface area contributed by atoms with Crippen LogP contribution in [0.15, 0.2) is 59.6 Å². The second-order valence-electron chi connectivity index (χ2n) is 6.96. The summed E-state index contributed by atoms with van der Waals surface area (Å²) in [7, 11) is 3.49. The van der Waals surface area contributed by atoms with Crippen molar-refractivity contribution in [2.45, 2.75) is 13.3 Å². The molecule has 2 aromatic carbocycles. The molecular weight excluding hydrogens is 378 g/mol. The molecule has 0 unspecified atom stereocenters. The lowest BCUT2D eigenvalue weighted by molar-refractivity contribution is 0.0827. The SMILES string of the molecule is CCNC(=NCCc1cccc(C(=O)N(C)C)c1)NCCNC(=O)c1ccccc1. The molecular formula is C23H31N5O2. The number of aliphatic imine (C=N–C) groups is 1. The Kier molecular flexibility index (Phi) is 9.37. The van der Waals surface area contributed by atoms with E-state index in [-0.39, 0.29) is 11.8 Å². The number of carbonyl (C=O) groups is 2. The van der Waals surface area contributed by atoms with Gasteiger partial charge >= 0.3 is 0 Å². The van der Waals surface area contributed by atoms with E-state index in [1.54, 1.807) is 31.1 Å². The molecule has 0 aliphatic carbocycles. The lowest BCUT2D eigenvalue weighted by Crippen LogP contribution is -2.41. The van der Waals surface area contributed by atoms with Crippen molar-refractivity contribution >= 4 is 17.8 Å². The minimum atomic E-state index is -0.0912. The van der Waals surface area contributed by atoms with Gasteiger partial charge in [0.25, 0.3) is 11.8 Å². The third-order valence-corrected chi connectivity index (χ3v) is 4.33. The third-order valence-electron chi connectivity index (χ3n) is 4.33. The van der Waals surface area contributed by atoms with Crippen LogP contribution >= 0.6 is 0 Å². The highest BCUT2D eigenvalue weighted by Gasteiger charge is 2.08. The number of amides is 2. The van der Waals surface area contributed by atoms with Crippen LogP contribution in [0, 0.1) is 0 Å². The molecule has 0 spiro atoms. The van der Waals surface area contributed by atoms with Crippen molar-refractivity contribution in [1.82, 2.24) is 20.9 Å². The van der Waals surface area contributed by atoms with Crippen LogP contribution in [-0.4, -0.2) is 62.9 Å². The quantitative estimate of drug-likeness (QED) is 0.336. The van der Waals surface area contributed by atoms with Gasteiger partial charge in [-0.1, -0.05) is 30.3 Å². The minimum Gasteiger partial charge on any atom is -0.357 e. The summed E-state index contributed by atoms with van der Waals surface area (Å²) in [6, 6.07) is 16.8. The van der Waals surface area contributed by atoms with E-state index >= 15 is 0 Å². The summed E-state index contributed by atoms with van der Waals surface area (Å²) in [5, 5.41) is 9.30. The summed E-state index contributed by atoms with van der Waals surface area (Å²) in [6.45, 7) is 4.40. The molecule has 2 aromatic rings. The van der Waals surface area contributed by atoms with Crippen molar-refractivity contribution in [3.63, 3.8) is 0 Å². The topological polar surface area (TPSA) is 85.8 Å². The van der Waals surface area contributed by atoms with Crippen LogP contribution < -0.4 is 16.0 Å². The number of hydrogen-bond donors (Lipinski definition) is 3. The zero-order valence-corrected chi connectivity index (χ0v) is 17.9. The summed E-state index contributed by atoms with van der Waals surface area (Å²) < 4.78 is 0. The first-order valence-electron chi connectivity index (χ1n) is 10.2. The van der Waals surface area contributed by atoms with Gasteiger partial charge in [0.1, 0.15) is 0 Å². The Hall–Kier alpha value is -3.35. The van der Waals surface area contributed by atoms with E-state index in [0.717, 1.165) is 18.5 Å². The molecule has 7 nitrogen and oxygen atoms in total. The predicted octanol–water partition coefficient (Wildman–Crippen LogP) is 1.92.